The standard InChI is InChI=1S/C20H35N7OS.HI/c1-5-16-23-19(29-24-16)27-13-11-26(12-14-27)18(21-6-2)22-15-20(9-7-8-10-20)17(28)25(3)4;/h5-15H2,1-4H3,(H,21,22);1H. The maximum atomic E-state index is 12.8. The molecule has 10 heteroatoms. The Morgan fingerprint density at radius 1 is 1.20 bits per heavy atom. The lowest BCUT2D eigenvalue weighted by Crippen LogP contribution is -2.53. The number of carbonyl (C=O) groups is 1. The second-order valence-electron chi connectivity index (χ2n) is 8.18. The second-order valence-corrected chi connectivity index (χ2v) is 8.91. The zero-order valence-electron chi connectivity index (χ0n) is 18.7. The first kappa shape index (κ1) is 25.1. The fourth-order valence-electron chi connectivity index (χ4n) is 4.24. The van der Waals surface area contributed by atoms with Gasteiger partial charge in [-0.1, -0.05) is 19.8 Å². The summed E-state index contributed by atoms with van der Waals surface area (Å²) in [4.78, 5) is 28.8. The van der Waals surface area contributed by atoms with Crippen LogP contribution in [0.25, 0.3) is 0 Å². The van der Waals surface area contributed by atoms with E-state index in [2.05, 4.69) is 38.3 Å². The summed E-state index contributed by atoms with van der Waals surface area (Å²) in [7, 11) is 3.71. The maximum absolute atomic E-state index is 12.8. The lowest BCUT2D eigenvalue weighted by molar-refractivity contribution is -0.138. The van der Waals surface area contributed by atoms with Crippen molar-refractivity contribution in [1.29, 1.82) is 0 Å². The molecular weight excluding hydrogens is 513 g/mol. The summed E-state index contributed by atoms with van der Waals surface area (Å²) in [5, 5.41) is 4.46. The van der Waals surface area contributed by atoms with Gasteiger partial charge in [0.25, 0.3) is 0 Å². The highest BCUT2D eigenvalue weighted by Gasteiger charge is 2.42. The number of nitrogens with one attached hydrogen (secondary N) is 1. The van der Waals surface area contributed by atoms with Gasteiger partial charge in [-0.15, -0.1) is 24.0 Å². The third kappa shape index (κ3) is 5.74. The number of halogens is 1. The fraction of sp³-hybridized carbons (Fsp3) is 0.800. The van der Waals surface area contributed by atoms with Crippen molar-refractivity contribution in [3.8, 4) is 0 Å². The van der Waals surface area contributed by atoms with E-state index in [-0.39, 0.29) is 35.3 Å². The van der Waals surface area contributed by atoms with Crippen molar-refractivity contribution >= 4 is 52.5 Å². The number of carbonyl (C=O) groups excluding carboxylic acids is 1. The average Bonchev–Trinajstić information content (AvgIpc) is 3.41. The molecule has 2 heterocycles. The topological polar surface area (TPSA) is 77.0 Å². The highest BCUT2D eigenvalue weighted by molar-refractivity contribution is 14.0. The van der Waals surface area contributed by atoms with Crippen LogP contribution in [0.1, 0.15) is 45.4 Å². The van der Waals surface area contributed by atoms with Crippen LogP contribution < -0.4 is 10.2 Å². The zero-order valence-corrected chi connectivity index (χ0v) is 21.8. The molecule has 1 aliphatic heterocycles. The molecule has 2 aliphatic rings. The van der Waals surface area contributed by atoms with Gasteiger partial charge < -0.3 is 20.0 Å². The molecule has 1 aromatic heterocycles. The van der Waals surface area contributed by atoms with Crippen LogP contribution in [-0.2, 0) is 11.2 Å². The van der Waals surface area contributed by atoms with Crippen LogP contribution in [0.4, 0.5) is 5.13 Å². The van der Waals surface area contributed by atoms with Crippen LogP contribution in [0.15, 0.2) is 4.99 Å². The second kappa shape index (κ2) is 11.4. The van der Waals surface area contributed by atoms with E-state index in [1.807, 2.05) is 14.1 Å². The molecule has 1 amide bonds. The number of aryl methyl sites for hydroxylation is 1. The Morgan fingerprint density at radius 2 is 1.87 bits per heavy atom. The molecule has 0 atom stereocenters. The molecule has 0 bridgehead atoms. The van der Waals surface area contributed by atoms with E-state index in [1.54, 1.807) is 4.90 Å². The van der Waals surface area contributed by atoms with Crippen LogP contribution >= 0.6 is 35.5 Å². The number of nitrogens with zero attached hydrogens (tertiary/aromatic N) is 6. The predicted molar refractivity (Wildman–Crippen MR) is 134 cm³/mol. The number of anilines is 1. The quantitative estimate of drug-likeness (QED) is 0.334. The molecule has 170 valence electrons. The number of aromatic nitrogens is 2. The third-order valence-electron chi connectivity index (χ3n) is 5.91. The van der Waals surface area contributed by atoms with E-state index < -0.39 is 0 Å². The van der Waals surface area contributed by atoms with Crippen molar-refractivity contribution < 1.29 is 4.79 Å². The zero-order chi connectivity index (χ0) is 20.9. The van der Waals surface area contributed by atoms with Crippen LogP contribution in [0.3, 0.4) is 0 Å². The number of hydrogen-bond donors (Lipinski definition) is 1. The summed E-state index contributed by atoms with van der Waals surface area (Å²) in [5.41, 5.74) is -0.324. The Kier molecular flexibility index (Phi) is 9.58. The first-order valence-electron chi connectivity index (χ1n) is 10.8. The molecule has 2 fully saturated rings. The number of guanidine groups is 1. The number of piperazine rings is 1. The summed E-state index contributed by atoms with van der Waals surface area (Å²) in [6.45, 7) is 9.17. The third-order valence-corrected chi connectivity index (χ3v) is 6.73. The minimum atomic E-state index is -0.324. The lowest BCUT2D eigenvalue weighted by Gasteiger charge is -2.37. The predicted octanol–water partition coefficient (Wildman–Crippen LogP) is 2.45. The molecule has 1 aromatic rings. The van der Waals surface area contributed by atoms with Crippen molar-refractivity contribution in [2.75, 3.05) is 58.3 Å². The molecule has 0 unspecified atom stereocenters. The van der Waals surface area contributed by atoms with Crippen molar-refractivity contribution in [2.45, 2.75) is 46.0 Å². The summed E-state index contributed by atoms with van der Waals surface area (Å²) in [6, 6.07) is 0. The van der Waals surface area contributed by atoms with Gasteiger partial charge in [-0.2, -0.15) is 4.37 Å². The Labute approximate surface area is 201 Å². The van der Waals surface area contributed by atoms with Crippen molar-refractivity contribution in [2.24, 2.45) is 10.4 Å². The van der Waals surface area contributed by atoms with Crippen molar-refractivity contribution in [3.63, 3.8) is 0 Å². The van der Waals surface area contributed by atoms with Gasteiger partial charge in [-0.25, -0.2) is 4.98 Å². The number of rotatable bonds is 6. The highest BCUT2D eigenvalue weighted by Crippen LogP contribution is 2.39. The molecule has 1 saturated heterocycles. The normalized spacial score (nSPS) is 18.9. The molecule has 0 aromatic carbocycles. The molecule has 0 spiro atoms. The van der Waals surface area contributed by atoms with Gasteiger partial charge in [-0.3, -0.25) is 9.79 Å². The Morgan fingerprint density at radius 3 is 2.40 bits per heavy atom. The first-order chi connectivity index (χ1) is 14.0. The summed E-state index contributed by atoms with van der Waals surface area (Å²) in [6.07, 6.45) is 4.99. The van der Waals surface area contributed by atoms with Gasteiger partial charge in [0.2, 0.25) is 11.0 Å². The van der Waals surface area contributed by atoms with Crippen LogP contribution in [-0.4, -0.2) is 84.4 Å². The van der Waals surface area contributed by atoms with Crippen molar-refractivity contribution in [3.05, 3.63) is 5.82 Å². The van der Waals surface area contributed by atoms with E-state index in [0.29, 0.717) is 6.54 Å². The van der Waals surface area contributed by atoms with Gasteiger partial charge in [-0.05, 0) is 19.8 Å². The molecule has 0 radical (unpaired) electrons. The van der Waals surface area contributed by atoms with Gasteiger partial charge in [0.15, 0.2) is 5.96 Å². The van der Waals surface area contributed by atoms with E-state index in [4.69, 9.17) is 4.99 Å². The smallest absolute Gasteiger partial charge is 0.230 e. The van der Waals surface area contributed by atoms with Gasteiger partial charge in [0.05, 0.1) is 12.0 Å². The van der Waals surface area contributed by atoms with Gasteiger partial charge >= 0.3 is 0 Å². The van der Waals surface area contributed by atoms with E-state index in [0.717, 1.165) is 81.7 Å². The number of aliphatic imine (C=N–C) groups is 1. The summed E-state index contributed by atoms with van der Waals surface area (Å²) >= 11 is 1.49. The molecule has 1 N–H and O–H groups in total. The summed E-state index contributed by atoms with van der Waals surface area (Å²) in [5.74, 6) is 2.08. The lowest BCUT2D eigenvalue weighted by atomic mass is 9.85. The molecule has 8 nitrogen and oxygen atoms in total. The minimum Gasteiger partial charge on any atom is -0.357 e. The Balaban J connectivity index is 0.00000320. The highest BCUT2D eigenvalue weighted by atomic mass is 127. The molecule has 1 aliphatic carbocycles. The van der Waals surface area contributed by atoms with E-state index in [1.165, 1.54) is 11.5 Å². The van der Waals surface area contributed by atoms with Gasteiger partial charge in [0, 0.05) is 64.8 Å². The minimum absolute atomic E-state index is 0. The molecule has 1 saturated carbocycles. The molecule has 30 heavy (non-hydrogen) atoms. The van der Waals surface area contributed by atoms with E-state index in [9.17, 15) is 4.79 Å². The summed E-state index contributed by atoms with van der Waals surface area (Å²) < 4.78 is 4.41. The van der Waals surface area contributed by atoms with E-state index >= 15 is 0 Å². The monoisotopic (exact) mass is 549 g/mol. The Bertz CT molecular complexity index is 710. The average molecular weight is 550 g/mol. The molecule has 3 rings (SSSR count). The first-order valence-corrected chi connectivity index (χ1v) is 11.6. The Hall–Kier alpha value is -1.17. The van der Waals surface area contributed by atoms with Gasteiger partial charge in [0.1, 0.15) is 5.82 Å². The van der Waals surface area contributed by atoms with Crippen LogP contribution in [0.5, 0.6) is 0 Å². The van der Waals surface area contributed by atoms with Crippen LogP contribution in [0.2, 0.25) is 0 Å². The van der Waals surface area contributed by atoms with Crippen LogP contribution in [0, 0.1) is 5.41 Å². The molecular formula is C20H36IN7OS. The van der Waals surface area contributed by atoms with Crippen molar-refractivity contribution in [1.82, 2.24) is 24.5 Å². The maximum Gasteiger partial charge on any atom is 0.230 e. The largest absolute Gasteiger partial charge is 0.357 e. The number of amides is 1. The number of hydrogen-bond acceptors (Lipinski definition) is 6. The fourth-order valence-corrected chi connectivity index (χ4v) is 5.05. The SMILES string of the molecule is CCNC(=NCC1(C(=O)N(C)C)CCCC1)N1CCN(c2nc(CC)ns2)CC1.I.